The van der Waals surface area contributed by atoms with Crippen LogP contribution in [-0.2, 0) is 17.8 Å². The molecule has 0 spiro atoms. The van der Waals surface area contributed by atoms with E-state index in [1.54, 1.807) is 19.5 Å². The highest BCUT2D eigenvalue weighted by Crippen LogP contribution is 2.46. The van der Waals surface area contributed by atoms with Crippen LogP contribution in [0.4, 0.5) is 5.95 Å². The molecular weight excluding hydrogens is 838 g/mol. The monoisotopic (exact) mass is 891 g/mol. The lowest BCUT2D eigenvalue weighted by Crippen LogP contribution is -2.45. The third-order valence-electron chi connectivity index (χ3n) is 11.9. The van der Waals surface area contributed by atoms with Gasteiger partial charge in [-0.05, 0) is 90.8 Å². The summed E-state index contributed by atoms with van der Waals surface area (Å²) in [6.45, 7) is 13.8. The topological polar surface area (TPSA) is 136 Å². The zero-order valence-electron chi connectivity index (χ0n) is 36.5. The van der Waals surface area contributed by atoms with E-state index in [-0.39, 0.29) is 24.3 Å². The van der Waals surface area contributed by atoms with E-state index in [4.69, 9.17) is 44.9 Å². The Labute approximate surface area is 377 Å². The number of carboxylic acids is 1. The average Bonchev–Trinajstić information content (AvgIpc) is 3.70. The second-order valence-corrected chi connectivity index (χ2v) is 18.2. The molecule has 1 N–H and O–H groups in total. The predicted octanol–water partition coefficient (Wildman–Crippen LogP) is 8.69. The third-order valence-corrected chi connectivity index (χ3v) is 13.1. The van der Waals surface area contributed by atoms with Crippen molar-refractivity contribution in [3.8, 4) is 45.5 Å². The van der Waals surface area contributed by atoms with Gasteiger partial charge in [0.15, 0.2) is 0 Å². The highest BCUT2D eigenvalue weighted by Gasteiger charge is 2.30. The van der Waals surface area contributed by atoms with Crippen LogP contribution in [-0.4, -0.2) is 113 Å². The molecular formula is C48H54ClN7O6S. The molecule has 1 atom stereocenters. The lowest BCUT2D eigenvalue weighted by molar-refractivity contribution is -0.145. The summed E-state index contributed by atoms with van der Waals surface area (Å²) in [6, 6.07) is 20.8. The molecule has 0 unspecified atom stereocenters. The predicted molar refractivity (Wildman–Crippen MR) is 248 cm³/mol. The highest BCUT2D eigenvalue weighted by molar-refractivity contribution is 7.13. The van der Waals surface area contributed by atoms with Gasteiger partial charge >= 0.3 is 5.97 Å². The Kier molecular flexibility index (Phi) is 13.6. The fourth-order valence-electron chi connectivity index (χ4n) is 8.33. The number of aliphatic carboxylic acids is 1. The van der Waals surface area contributed by atoms with Crippen molar-refractivity contribution < 1.29 is 28.8 Å². The van der Waals surface area contributed by atoms with Gasteiger partial charge in [-0.1, -0.05) is 61.8 Å². The van der Waals surface area contributed by atoms with Crippen molar-refractivity contribution in [2.45, 2.75) is 52.7 Å². The summed E-state index contributed by atoms with van der Waals surface area (Å²) in [4.78, 5) is 34.4. The fourth-order valence-corrected chi connectivity index (χ4v) is 9.25. The smallest absolute Gasteiger partial charge is 0.345 e. The normalized spacial score (nSPS) is 16.2. The van der Waals surface area contributed by atoms with Gasteiger partial charge in [0.05, 0.1) is 33.6 Å². The standard InChI is InChI=1S/C48H54ClN7O6S/c1-31-36(14-15-38(43(31)49)60-25-24-55-22-20-54(4)21-23-55)41-42-40(28-51-44(41)33-11-8-12-35(26-33)59-5)63-53-45(42)62-39(46(57)58)27-32-10-6-7-13-37(32)61-29-34-16-18-50-47(52-34)56-19-9-17-48(2,3)30-56/h6-8,10-16,18,26,28,39H,9,17,19-25,27,29-30H2,1-5H3,(H,57,58)/t39-/m1/s1. The molecule has 330 valence electrons. The number of piperazine rings is 1. The Bertz CT molecular complexity index is 2560. The summed E-state index contributed by atoms with van der Waals surface area (Å²) in [5.41, 5.74) is 5.29. The van der Waals surface area contributed by atoms with E-state index in [1.165, 1.54) is 18.0 Å². The second kappa shape index (κ2) is 19.5. The number of halogens is 1. The molecule has 3 aromatic carbocycles. The molecule has 2 fully saturated rings. The molecule has 0 saturated carbocycles. The van der Waals surface area contributed by atoms with Gasteiger partial charge in [-0.3, -0.25) is 9.88 Å². The molecule has 0 bridgehead atoms. The van der Waals surface area contributed by atoms with Crippen molar-refractivity contribution in [3.63, 3.8) is 0 Å². The zero-order valence-corrected chi connectivity index (χ0v) is 38.0. The van der Waals surface area contributed by atoms with Crippen LogP contribution in [0.1, 0.15) is 43.5 Å². The first kappa shape index (κ1) is 44.1. The Balaban J connectivity index is 1.08. The average molecular weight is 893 g/mol. The van der Waals surface area contributed by atoms with E-state index in [1.807, 2.05) is 73.7 Å². The summed E-state index contributed by atoms with van der Waals surface area (Å²) >= 11 is 8.31. The number of likely N-dealkylation sites (N-methyl/N-ethyl adjacent to an activating group) is 1. The Morgan fingerprint density at radius 2 is 1.81 bits per heavy atom. The number of fused-ring (bicyclic) bond motifs is 1. The van der Waals surface area contributed by atoms with Crippen LogP contribution in [0.3, 0.4) is 0 Å². The summed E-state index contributed by atoms with van der Waals surface area (Å²) in [5, 5.41) is 11.8. The highest BCUT2D eigenvalue weighted by atomic mass is 35.5. The largest absolute Gasteiger partial charge is 0.497 e. The van der Waals surface area contributed by atoms with Crippen LogP contribution in [0.2, 0.25) is 5.02 Å². The van der Waals surface area contributed by atoms with E-state index in [0.717, 1.165) is 79.3 Å². The maximum atomic E-state index is 13.1. The van der Waals surface area contributed by atoms with E-state index in [0.29, 0.717) is 57.0 Å². The lowest BCUT2D eigenvalue weighted by Gasteiger charge is -2.38. The molecule has 63 heavy (non-hydrogen) atoms. The second-order valence-electron chi connectivity index (χ2n) is 17.1. The van der Waals surface area contributed by atoms with E-state index < -0.39 is 12.1 Å². The van der Waals surface area contributed by atoms with Gasteiger partial charge in [0, 0.05) is 75.8 Å². The molecule has 2 aliphatic rings. The number of methoxy groups -OCH3 is 1. The number of hydrogen-bond acceptors (Lipinski definition) is 13. The fraction of sp³-hybridized carbons (Fsp3) is 0.396. The van der Waals surface area contributed by atoms with Crippen molar-refractivity contribution in [2.75, 3.05) is 71.5 Å². The minimum atomic E-state index is -1.31. The van der Waals surface area contributed by atoms with Crippen LogP contribution in [0, 0.1) is 12.3 Å². The maximum Gasteiger partial charge on any atom is 0.345 e. The van der Waals surface area contributed by atoms with Crippen molar-refractivity contribution in [3.05, 3.63) is 101 Å². The SMILES string of the molecule is COc1cccc(-c2ncc3snc(O[C@H](Cc4ccccc4OCc4ccnc(N5CCCC(C)(C)C5)n4)C(=O)O)c3c2-c2ccc(OCCN3CCN(C)CC3)c(Cl)c2C)c1. The van der Waals surface area contributed by atoms with Crippen LogP contribution in [0.25, 0.3) is 32.5 Å². The van der Waals surface area contributed by atoms with Crippen molar-refractivity contribution in [1.29, 1.82) is 0 Å². The number of rotatable bonds is 16. The summed E-state index contributed by atoms with van der Waals surface area (Å²) in [6.07, 6.45) is 4.46. The van der Waals surface area contributed by atoms with Crippen molar-refractivity contribution >= 4 is 45.1 Å². The van der Waals surface area contributed by atoms with Crippen LogP contribution < -0.4 is 23.8 Å². The molecule has 13 nitrogen and oxygen atoms in total. The summed E-state index contributed by atoms with van der Waals surface area (Å²) < 4.78 is 30.1. The minimum Gasteiger partial charge on any atom is -0.497 e. The number of benzene rings is 3. The summed E-state index contributed by atoms with van der Waals surface area (Å²) in [7, 11) is 3.76. The first-order valence-electron chi connectivity index (χ1n) is 21.4. The molecule has 0 radical (unpaired) electrons. The van der Waals surface area contributed by atoms with Gasteiger partial charge in [0.1, 0.15) is 30.5 Å². The van der Waals surface area contributed by atoms with Crippen molar-refractivity contribution in [1.82, 2.24) is 29.1 Å². The van der Waals surface area contributed by atoms with Crippen LogP contribution >= 0.6 is 23.1 Å². The maximum absolute atomic E-state index is 13.1. The Morgan fingerprint density at radius 3 is 2.60 bits per heavy atom. The number of pyridine rings is 1. The molecule has 6 aromatic rings. The molecule has 2 saturated heterocycles. The number of piperidine rings is 1. The van der Waals surface area contributed by atoms with E-state index in [2.05, 4.69) is 40.6 Å². The van der Waals surface area contributed by atoms with Crippen molar-refractivity contribution in [2.24, 2.45) is 5.41 Å². The quantitative estimate of drug-likeness (QED) is 0.0994. The van der Waals surface area contributed by atoms with Gasteiger partial charge in [-0.2, -0.15) is 4.37 Å². The Hall–Kier alpha value is -5.54. The molecule has 8 rings (SSSR count). The number of para-hydroxylation sites is 1. The molecule has 15 heteroatoms. The Morgan fingerprint density at radius 1 is 0.984 bits per heavy atom. The van der Waals surface area contributed by atoms with Gasteiger partial charge in [0.2, 0.25) is 17.9 Å². The number of anilines is 1. The zero-order chi connectivity index (χ0) is 44.1. The van der Waals surface area contributed by atoms with Crippen LogP contribution in [0.15, 0.2) is 79.1 Å². The third kappa shape index (κ3) is 10.3. The minimum absolute atomic E-state index is 0.0105. The van der Waals surface area contributed by atoms with E-state index >= 15 is 0 Å². The van der Waals surface area contributed by atoms with Gasteiger partial charge in [-0.25, -0.2) is 14.8 Å². The first-order valence-corrected chi connectivity index (χ1v) is 22.5. The number of carboxylic acid groups (broad SMARTS) is 1. The summed E-state index contributed by atoms with van der Waals surface area (Å²) in [5.74, 6) is 1.52. The number of hydrogen-bond donors (Lipinski definition) is 1. The lowest BCUT2D eigenvalue weighted by atomic mass is 9.84. The number of nitrogens with zero attached hydrogens (tertiary/aromatic N) is 7. The van der Waals surface area contributed by atoms with Gasteiger partial charge < -0.3 is 33.9 Å². The molecule has 0 aliphatic carbocycles. The van der Waals surface area contributed by atoms with Gasteiger partial charge in [0.25, 0.3) is 0 Å². The molecule has 3 aromatic heterocycles. The van der Waals surface area contributed by atoms with E-state index in [9.17, 15) is 9.90 Å². The molecule has 5 heterocycles. The molecule has 0 amide bonds. The van der Waals surface area contributed by atoms with Crippen LogP contribution in [0.5, 0.6) is 23.1 Å². The number of ether oxygens (including phenoxy) is 4. The molecule has 2 aliphatic heterocycles. The number of carbonyl (C=O) groups is 1. The van der Waals surface area contributed by atoms with Gasteiger partial charge in [-0.15, -0.1) is 0 Å². The number of aromatic nitrogens is 4. The first-order chi connectivity index (χ1) is 30.5.